The molecule has 40 heavy (non-hydrogen) atoms. The third kappa shape index (κ3) is 5.70. The number of amides is 2. The van der Waals surface area contributed by atoms with Crippen LogP contribution >= 0.6 is 22.9 Å². The molecular weight excluding hydrogens is 548 g/mol. The first-order valence-electron chi connectivity index (χ1n) is 13.5. The molecule has 4 heterocycles. The third-order valence-electron chi connectivity index (χ3n) is 7.82. The molecular formula is C29H31ClN6O3S. The number of H-pyrrole nitrogens is 1. The molecule has 0 spiro atoms. The molecule has 4 aromatic rings. The molecule has 1 N–H and O–H groups in total. The van der Waals surface area contributed by atoms with Crippen molar-refractivity contribution in [2.45, 2.75) is 32.4 Å². The number of nitrogens with zero attached hydrogens (tertiary/aromatic N) is 5. The predicted molar refractivity (Wildman–Crippen MR) is 156 cm³/mol. The van der Waals surface area contributed by atoms with Crippen molar-refractivity contribution < 1.29 is 14.3 Å². The molecule has 6 rings (SSSR count). The van der Waals surface area contributed by atoms with Gasteiger partial charge >= 0.3 is 6.09 Å². The van der Waals surface area contributed by atoms with Gasteiger partial charge in [0.05, 0.1) is 27.9 Å². The van der Waals surface area contributed by atoms with Gasteiger partial charge in [0.1, 0.15) is 11.6 Å². The van der Waals surface area contributed by atoms with Gasteiger partial charge in [-0.2, -0.15) is 0 Å². The highest BCUT2D eigenvalue weighted by molar-refractivity contribution is 7.15. The maximum atomic E-state index is 13.0. The summed E-state index contributed by atoms with van der Waals surface area (Å²) in [5.74, 6) is 0.0685. The zero-order chi connectivity index (χ0) is 27.6. The largest absolute Gasteiger partial charge is 0.444 e. The molecule has 2 aliphatic rings. The van der Waals surface area contributed by atoms with Crippen LogP contribution in [-0.4, -0.2) is 87.0 Å². The van der Waals surface area contributed by atoms with E-state index in [9.17, 15) is 9.59 Å². The average molecular weight is 579 g/mol. The Morgan fingerprint density at radius 1 is 1.02 bits per heavy atom. The SMILES string of the molecule is Cc1nc(-c2ccc(Cl)cc2)sc1COC(=O)N1CCN(C2CCN(C(=O)c3ccc4nc[nH]c4c3)CC2)CC1. The highest BCUT2D eigenvalue weighted by Gasteiger charge is 2.31. The fraction of sp³-hybridized carbons (Fsp3) is 0.379. The molecule has 208 valence electrons. The molecule has 0 radical (unpaired) electrons. The summed E-state index contributed by atoms with van der Waals surface area (Å²) in [7, 11) is 0. The Morgan fingerprint density at radius 3 is 2.52 bits per heavy atom. The number of piperazine rings is 1. The minimum atomic E-state index is -0.282. The van der Waals surface area contributed by atoms with Crippen LogP contribution in [-0.2, 0) is 11.3 Å². The Balaban J connectivity index is 0.956. The smallest absolute Gasteiger partial charge is 0.410 e. The Labute approximate surface area is 241 Å². The van der Waals surface area contributed by atoms with Crippen LogP contribution in [0.25, 0.3) is 21.6 Å². The molecule has 2 amide bonds. The van der Waals surface area contributed by atoms with E-state index in [2.05, 4.69) is 19.9 Å². The number of halogens is 1. The number of piperidine rings is 1. The molecule has 2 aromatic heterocycles. The van der Waals surface area contributed by atoms with Crippen molar-refractivity contribution in [3.8, 4) is 10.6 Å². The summed E-state index contributed by atoms with van der Waals surface area (Å²) >= 11 is 7.54. The van der Waals surface area contributed by atoms with Crippen LogP contribution in [0.5, 0.6) is 0 Å². The van der Waals surface area contributed by atoms with E-state index in [-0.39, 0.29) is 18.6 Å². The van der Waals surface area contributed by atoms with Gasteiger partial charge in [0.2, 0.25) is 0 Å². The number of aromatic nitrogens is 3. The first-order chi connectivity index (χ1) is 19.4. The summed E-state index contributed by atoms with van der Waals surface area (Å²) in [4.78, 5) is 44.9. The number of rotatable bonds is 5. The van der Waals surface area contributed by atoms with Crippen molar-refractivity contribution >= 4 is 46.0 Å². The van der Waals surface area contributed by atoms with Crippen LogP contribution in [0, 0.1) is 6.92 Å². The number of ether oxygens (including phenoxy) is 1. The van der Waals surface area contributed by atoms with Crippen molar-refractivity contribution in [3.05, 3.63) is 69.9 Å². The Morgan fingerprint density at radius 2 is 1.77 bits per heavy atom. The number of nitrogens with one attached hydrogen (secondary N) is 1. The zero-order valence-corrected chi connectivity index (χ0v) is 23.9. The van der Waals surface area contributed by atoms with E-state index < -0.39 is 0 Å². The average Bonchev–Trinajstić information content (AvgIpc) is 3.62. The number of carbonyl (C=O) groups is 2. The second-order valence-corrected chi connectivity index (χ2v) is 11.8. The van der Waals surface area contributed by atoms with Gasteiger partial charge in [0.25, 0.3) is 5.91 Å². The van der Waals surface area contributed by atoms with E-state index in [1.54, 1.807) is 11.2 Å². The van der Waals surface area contributed by atoms with Gasteiger partial charge in [-0.25, -0.2) is 14.8 Å². The van der Waals surface area contributed by atoms with Crippen molar-refractivity contribution in [2.75, 3.05) is 39.3 Å². The quantitative estimate of drug-likeness (QED) is 0.349. The van der Waals surface area contributed by atoms with E-state index in [0.717, 1.165) is 71.2 Å². The van der Waals surface area contributed by atoms with Crippen LogP contribution in [0.15, 0.2) is 48.8 Å². The number of carbonyl (C=O) groups excluding carboxylic acids is 2. The minimum absolute atomic E-state index is 0.0685. The highest BCUT2D eigenvalue weighted by Crippen LogP contribution is 2.29. The van der Waals surface area contributed by atoms with Crippen LogP contribution in [0.3, 0.4) is 0 Å². The van der Waals surface area contributed by atoms with Crippen molar-refractivity contribution in [1.29, 1.82) is 0 Å². The van der Waals surface area contributed by atoms with Gasteiger partial charge < -0.3 is 19.5 Å². The topological polar surface area (TPSA) is 94.7 Å². The molecule has 0 saturated carbocycles. The summed E-state index contributed by atoms with van der Waals surface area (Å²) in [5.41, 5.74) is 4.30. The number of fused-ring (bicyclic) bond motifs is 1. The maximum absolute atomic E-state index is 13.0. The van der Waals surface area contributed by atoms with E-state index in [1.165, 1.54) is 11.3 Å². The van der Waals surface area contributed by atoms with Crippen molar-refractivity contribution in [1.82, 2.24) is 29.7 Å². The minimum Gasteiger partial charge on any atom is -0.444 e. The van der Waals surface area contributed by atoms with Gasteiger partial charge in [-0.05, 0) is 50.1 Å². The number of imidazole rings is 1. The lowest BCUT2D eigenvalue weighted by atomic mass is 10.0. The van der Waals surface area contributed by atoms with Gasteiger partial charge in [-0.1, -0.05) is 23.7 Å². The van der Waals surface area contributed by atoms with Gasteiger partial charge in [0, 0.05) is 61.5 Å². The van der Waals surface area contributed by atoms with E-state index in [4.69, 9.17) is 16.3 Å². The van der Waals surface area contributed by atoms with Gasteiger partial charge in [-0.15, -0.1) is 11.3 Å². The van der Waals surface area contributed by atoms with E-state index >= 15 is 0 Å². The standard InChI is InChI=1S/C29H31ClN6O3S/c1-19-26(40-27(33-19)20-2-5-22(30)6-3-20)17-39-29(38)36-14-12-34(13-15-36)23-8-10-35(11-9-23)28(37)21-4-7-24-25(16-21)32-18-31-24/h2-7,16,18,23H,8-15,17H2,1H3,(H,31,32). The Hall–Kier alpha value is -3.47. The molecule has 0 atom stereocenters. The summed E-state index contributed by atoms with van der Waals surface area (Å²) in [6.07, 6.45) is 3.23. The highest BCUT2D eigenvalue weighted by atomic mass is 35.5. The number of benzene rings is 2. The number of aryl methyl sites for hydroxylation is 1. The monoisotopic (exact) mass is 578 g/mol. The number of aromatic amines is 1. The van der Waals surface area contributed by atoms with Crippen LogP contribution < -0.4 is 0 Å². The molecule has 0 bridgehead atoms. The molecule has 9 nitrogen and oxygen atoms in total. The second-order valence-electron chi connectivity index (χ2n) is 10.3. The summed E-state index contributed by atoms with van der Waals surface area (Å²) in [5, 5.41) is 1.58. The third-order valence-corrected chi connectivity index (χ3v) is 9.25. The lowest BCUT2D eigenvalue weighted by Gasteiger charge is -2.42. The van der Waals surface area contributed by atoms with E-state index in [0.29, 0.717) is 29.7 Å². The zero-order valence-electron chi connectivity index (χ0n) is 22.3. The lowest BCUT2D eigenvalue weighted by Crippen LogP contribution is -2.54. The number of likely N-dealkylation sites (tertiary alicyclic amines) is 1. The van der Waals surface area contributed by atoms with Crippen LogP contribution in [0.1, 0.15) is 33.8 Å². The summed E-state index contributed by atoms with van der Waals surface area (Å²) in [6.45, 7) is 6.53. The number of hydrogen-bond donors (Lipinski definition) is 1. The first kappa shape index (κ1) is 26.7. The fourth-order valence-electron chi connectivity index (χ4n) is 5.45. The van der Waals surface area contributed by atoms with Gasteiger partial charge in [-0.3, -0.25) is 9.69 Å². The normalized spacial score (nSPS) is 16.9. The Kier molecular flexibility index (Phi) is 7.73. The molecule has 2 aliphatic heterocycles. The van der Waals surface area contributed by atoms with E-state index in [1.807, 2.05) is 54.3 Å². The van der Waals surface area contributed by atoms with Crippen molar-refractivity contribution in [3.63, 3.8) is 0 Å². The molecule has 2 saturated heterocycles. The molecule has 2 fully saturated rings. The number of hydrogen-bond acceptors (Lipinski definition) is 7. The van der Waals surface area contributed by atoms with Crippen LogP contribution in [0.2, 0.25) is 5.02 Å². The Bertz CT molecular complexity index is 1500. The lowest BCUT2D eigenvalue weighted by molar-refractivity contribution is 0.0396. The molecule has 2 aromatic carbocycles. The van der Waals surface area contributed by atoms with Crippen LogP contribution in [0.4, 0.5) is 4.79 Å². The van der Waals surface area contributed by atoms with Gasteiger partial charge in [0.15, 0.2) is 0 Å². The molecule has 11 heteroatoms. The fourth-order valence-corrected chi connectivity index (χ4v) is 6.56. The molecule has 0 unspecified atom stereocenters. The summed E-state index contributed by atoms with van der Waals surface area (Å²) < 4.78 is 5.67. The molecule has 0 aliphatic carbocycles. The summed E-state index contributed by atoms with van der Waals surface area (Å²) in [6, 6.07) is 13.6. The first-order valence-corrected chi connectivity index (χ1v) is 14.7. The predicted octanol–water partition coefficient (Wildman–Crippen LogP) is 5.21. The maximum Gasteiger partial charge on any atom is 0.410 e. The van der Waals surface area contributed by atoms with Crippen molar-refractivity contribution in [2.24, 2.45) is 0 Å². The second kappa shape index (κ2) is 11.6. The number of thiazole rings is 1.